The third-order valence-corrected chi connectivity index (χ3v) is 5.38. The number of nitrogen functional groups attached to an aromatic ring is 1. The van der Waals surface area contributed by atoms with Crippen molar-refractivity contribution in [3.05, 3.63) is 53.4 Å². The average Bonchev–Trinajstić information content (AvgIpc) is 3.32. The highest BCUT2D eigenvalue weighted by atomic mass is 16.5. The van der Waals surface area contributed by atoms with Crippen LogP contribution in [0.4, 0.5) is 5.69 Å². The maximum Gasteiger partial charge on any atom is 0.269 e. The van der Waals surface area contributed by atoms with Gasteiger partial charge in [0.1, 0.15) is 5.69 Å². The monoisotopic (exact) mass is 407 g/mol. The van der Waals surface area contributed by atoms with Crippen LogP contribution in [0.2, 0.25) is 0 Å². The maximum atomic E-state index is 12.3. The van der Waals surface area contributed by atoms with E-state index in [0.717, 1.165) is 5.56 Å². The summed E-state index contributed by atoms with van der Waals surface area (Å²) in [5.74, 6) is -1.01. The standard InChI is InChI=1S/C21H21N5O4/c1-11-8-14(24-18(17(11)22)19(23)27)12-4-3-5-13(9-12)15-10-16(30-25-15)21(29)6-7-26(2)20(21)28/h3-5,8-10,29H,6-7,22H2,1-2H3,(H2,23,27). The molecule has 9 heteroatoms. The van der Waals surface area contributed by atoms with E-state index < -0.39 is 17.4 Å². The number of rotatable bonds is 4. The molecule has 1 aliphatic rings. The number of anilines is 1. The van der Waals surface area contributed by atoms with Crippen LogP contribution in [0.25, 0.3) is 22.5 Å². The molecule has 1 aliphatic heterocycles. The summed E-state index contributed by atoms with van der Waals surface area (Å²) in [6.07, 6.45) is 0.238. The van der Waals surface area contributed by atoms with Crippen LogP contribution >= 0.6 is 0 Å². The number of aliphatic hydroxyl groups is 1. The van der Waals surface area contributed by atoms with Crippen LogP contribution in [-0.2, 0) is 10.4 Å². The number of aryl methyl sites for hydroxylation is 1. The van der Waals surface area contributed by atoms with Crippen molar-refractivity contribution in [2.24, 2.45) is 5.73 Å². The van der Waals surface area contributed by atoms with Crippen LogP contribution in [0.3, 0.4) is 0 Å². The Labute approximate surface area is 172 Å². The molecule has 0 radical (unpaired) electrons. The fourth-order valence-electron chi connectivity index (χ4n) is 3.54. The summed E-state index contributed by atoms with van der Waals surface area (Å²) in [5, 5.41) is 14.8. The molecule has 0 aliphatic carbocycles. The van der Waals surface area contributed by atoms with Crippen molar-refractivity contribution in [1.29, 1.82) is 0 Å². The van der Waals surface area contributed by atoms with E-state index in [9.17, 15) is 14.7 Å². The largest absolute Gasteiger partial charge is 0.397 e. The van der Waals surface area contributed by atoms with E-state index in [2.05, 4.69) is 10.1 Å². The Balaban J connectivity index is 1.72. The summed E-state index contributed by atoms with van der Waals surface area (Å²) in [6, 6.07) is 10.6. The first-order chi connectivity index (χ1) is 14.2. The summed E-state index contributed by atoms with van der Waals surface area (Å²) in [6.45, 7) is 2.21. The van der Waals surface area contributed by atoms with Gasteiger partial charge in [0.05, 0.1) is 11.4 Å². The van der Waals surface area contributed by atoms with Crippen LogP contribution in [0.1, 0.15) is 28.2 Å². The number of aromatic nitrogens is 2. The minimum absolute atomic E-state index is 0.0187. The summed E-state index contributed by atoms with van der Waals surface area (Å²) in [5.41, 5.74) is 13.0. The van der Waals surface area contributed by atoms with E-state index in [1.807, 2.05) is 18.2 Å². The zero-order valence-corrected chi connectivity index (χ0v) is 16.5. The van der Waals surface area contributed by atoms with Crippen molar-refractivity contribution < 1.29 is 19.2 Å². The molecule has 0 spiro atoms. The van der Waals surface area contributed by atoms with Gasteiger partial charge >= 0.3 is 0 Å². The molecular weight excluding hydrogens is 386 g/mol. The second-order valence-corrected chi connectivity index (χ2v) is 7.45. The molecule has 2 aromatic heterocycles. The third-order valence-electron chi connectivity index (χ3n) is 5.38. The van der Waals surface area contributed by atoms with E-state index >= 15 is 0 Å². The zero-order chi connectivity index (χ0) is 21.6. The molecule has 1 unspecified atom stereocenters. The molecule has 0 saturated carbocycles. The van der Waals surface area contributed by atoms with Gasteiger partial charge in [0.25, 0.3) is 11.8 Å². The predicted molar refractivity (Wildman–Crippen MR) is 109 cm³/mol. The Bertz CT molecular complexity index is 1170. The molecule has 1 saturated heterocycles. The molecule has 0 bridgehead atoms. The number of likely N-dealkylation sites (N-methyl/N-ethyl adjacent to an activating group) is 1. The lowest BCUT2D eigenvalue weighted by molar-refractivity contribution is -0.144. The van der Waals surface area contributed by atoms with Gasteiger partial charge in [-0.3, -0.25) is 9.59 Å². The van der Waals surface area contributed by atoms with Crippen LogP contribution in [0, 0.1) is 6.92 Å². The Morgan fingerprint density at radius 3 is 2.57 bits per heavy atom. The van der Waals surface area contributed by atoms with Crippen molar-refractivity contribution in [2.45, 2.75) is 18.9 Å². The quantitative estimate of drug-likeness (QED) is 0.592. The van der Waals surface area contributed by atoms with Gasteiger partial charge in [-0.1, -0.05) is 23.4 Å². The molecule has 3 heterocycles. The van der Waals surface area contributed by atoms with Gasteiger partial charge in [0.15, 0.2) is 11.5 Å². The first-order valence-electron chi connectivity index (χ1n) is 9.33. The lowest BCUT2D eigenvalue weighted by Crippen LogP contribution is -2.35. The number of benzene rings is 1. The number of nitrogens with zero attached hydrogens (tertiary/aromatic N) is 3. The number of carbonyl (C=O) groups is 2. The number of primary amides is 1. The van der Waals surface area contributed by atoms with Crippen molar-refractivity contribution in [3.8, 4) is 22.5 Å². The molecule has 3 aromatic rings. The number of hydrogen-bond acceptors (Lipinski definition) is 7. The molecule has 1 aromatic carbocycles. The lowest BCUT2D eigenvalue weighted by atomic mass is 9.97. The molecular formula is C21H21N5O4. The van der Waals surface area contributed by atoms with E-state index in [4.69, 9.17) is 16.0 Å². The molecule has 9 nitrogen and oxygen atoms in total. The van der Waals surface area contributed by atoms with Crippen molar-refractivity contribution in [1.82, 2.24) is 15.0 Å². The van der Waals surface area contributed by atoms with Gasteiger partial charge in [-0.25, -0.2) is 4.98 Å². The number of nitrogens with two attached hydrogens (primary N) is 2. The second kappa shape index (κ2) is 6.96. The van der Waals surface area contributed by atoms with Crippen molar-refractivity contribution >= 4 is 17.5 Å². The average molecular weight is 407 g/mol. The predicted octanol–water partition coefficient (Wildman–Crippen LogP) is 1.44. The van der Waals surface area contributed by atoms with E-state index in [1.165, 1.54) is 4.90 Å². The van der Waals surface area contributed by atoms with Crippen LogP contribution in [0.15, 0.2) is 40.9 Å². The normalized spacial score (nSPS) is 18.8. The first-order valence-corrected chi connectivity index (χ1v) is 9.33. The smallest absolute Gasteiger partial charge is 0.269 e. The maximum absolute atomic E-state index is 12.3. The van der Waals surface area contributed by atoms with Gasteiger partial charge in [-0.15, -0.1) is 0 Å². The van der Waals surface area contributed by atoms with Gasteiger partial charge in [-0.2, -0.15) is 0 Å². The number of hydrogen-bond donors (Lipinski definition) is 3. The first kappa shape index (κ1) is 19.6. The minimum atomic E-state index is -1.70. The number of carbonyl (C=O) groups excluding carboxylic acids is 2. The molecule has 154 valence electrons. The Kier molecular flexibility index (Phi) is 4.54. The van der Waals surface area contributed by atoms with Crippen LogP contribution in [-0.4, -0.2) is 45.6 Å². The van der Waals surface area contributed by atoms with Gasteiger partial charge < -0.3 is 26.0 Å². The van der Waals surface area contributed by atoms with E-state index in [1.54, 1.807) is 32.2 Å². The molecule has 2 amide bonds. The highest BCUT2D eigenvalue weighted by Crippen LogP contribution is 2.35. The van der Waals surface area contributed by atoms with E-state index in [0.29, 0.717) is 29.1 Å². The summed E-state index contributed by atoms with van der Waals surface area (Å²) in [7, 11) is 1.63. The minimum Gasteiger partial charge on any atom is -0.397 e. The third kappa shape index (κ3) is 3.09. The highest BCUT2D eigenvalue weighted by Gasteiger charge is 2.48. The molecule has 30 heavy (non-hydrogen) atoms. The number of likely N-dealkylation sites (tertiary alicyclic amines) is 1. The van der Waals surface area contributed by atoms with Gasteiger partial charge in [0.2, 0.25) is 5.60 Å². The zero-order valence-electron chi connectivity index (χ0n) is 16.5. The fourth-order valence-corrected chi connectivity index (χ4v) is 3.54. The SMILES string of the molecule is Cc1cc(-c2cccc(-c3cc(C4(O)CCN(C)C4=O)on3)c2)nc(C(N)=O)c1N. The van der Waals surface area contributed by atoms with Crippen LogP contribution < -0.4 is 11.5 Å². The second-order valence-electron chi connectivity index (χ2n) is 7.45. The highest BCUT2D eigenvalue weighted by molar-refractivity contribution is 5.97. The summed E-state index contributed by atoms with van der Waals surface area (Å²) < 4.78 is 5.31. The summed E-state index contributed by atoms with van der Waals surface area (Å²) in [4.78, 5) is 29.7. The molecule has 1 atom stereocenters. The Hall–Kier alpha value is -3.72. The van der Waals surface area contributed by atoms with Crippen molar-refractivity contribution in [2.75, 3.05) is 19.3 Å². The van der Waals surface area contributed by atoms with E-state index in [-0.39, 0.29) is 23.6 Å². The lowest BCUT2D eigenvalue weighted by Gasteiger charge is -2.16. The number of pyridine rings is 1. The molecule has 5 N–H and O–H groups in total. The fraction of sp³-hybridized carbons (Fsp3) is 0.238. The molecule has 1 fully saturated rings. The van der Waals surface area contributed by atoms with Gasteiger partial charge in [0, 0.05) is 37.2 Å². The Morgan fingerprint density at radius 2 is 1.93 bits per heavy atom. The summed E-state index contributed by atoms with van der Waals surface area (Å²) >= 11 is 0. The van der Waals surface area contributed by atoms with Crippen molar-refractivity contribution in [3.63, 3.8) is 0 Å². The number of amides is 2. The topological polar surface area (TPSA) is 149 Å². The van der Waals surface area contributed by atoms with Crippen LogP contribution in [0.5, 0.6) is 0 Å². The van der Waals surface area contributed by atoms with Gasteiger partial charge in [-0.05, 0) is 24.6 Å². The Morgan fingerprint density at radius 1 is 1.23 bits per heavy atom. The molecule has 4 rings (SSSR count).